The molecule has 3 heterocycles. The standard InChI is InChI=1S/C18H15FN6O.ClH/c19-10-15(11-20)12-25-18(26)24(13-23-25)17-9-14(6-8-22-17)4-5-16-3-1-2-7-21-16;/h1-3,6-10,13H,11-12,20H2;1H/b15-10+;. The van der Waals surface area contributed by atoms with Crippen LogP contribution in [0, 0.1) is 11.8 Å². The molecule has 0 aromatic carbocycles. The van der Waals surface area contributed by atoms with E-state index in [9.17, 15) is 9.18 Å². The van der Waals surface area contributed by atoms with Crippen molar-refractivity contribution in [1.82, 2.24) is 24.3 Å². The normalized spacial score (nSPS) is 10.7. The van der Waals surface area contributed by atoms with Crippen LogP contribution in [0.1, 0.15) is 11.3 Å². The van der Waals surface area contributed by atoms with Crippen LogP contribution in [0.5, 0.6) is 0 Å². The van der Waals surface area contributed by atoms with Crippen molar-refractivity contribution >= 4 is 12.4 Å². The Hall–Kier alpha value is -3.28. The monoisotopic (exact) mass is 386 g/mol. The third-order valence-corrected chi connectivity index (χ3v) is 3.49. The first-order chi connectivity index (χ1) is 12.7. The van der Waals surface area contributed by atoms with Crippen LogP contribution in [0.15, 0.2) is 65.8 Å². The summed E-state index contributed by atoms with van der Waals surface area (Å²) in [7, 11) is 0. The van der Waals surface area contributed by atoms with Crippen molar-refractivity contribution in [3.63, 3.8) is 0 Å². The van der Waals surface area contributed by atoms with Crippen molar-refractivity contribution in [3.8, 4) is 17.7 Å². The van der Waals surface area contributed by atoms with Gasteiger partial charge in [-0.2, -0.15) is 5.10 Å². The molecular weight excluding hydrogens is 371 g/mol. The van der Waals surface area contributed by atoms with Gasteiger partial charge in [-0.3, -0.25) is 0 Å². The minimum atomic E-state index is -0.444. The molecule has 0 saturated carbocycles. The number of hydrogen-bond donors (Lipinski definition) is 1. The van der Waals surface area contributed by atoms with Crippen molar-refractivity contribution in [3.05, 3.63) is 82.7 Å². The summed E-state index contributed by atoms with van der Waals surface area (Å²) >= 11 is 0. The van der Waals surface area contributed by atoms with Gasteiger partial charge in [0.15, 0.2) is 0 Å². The summed E-state index contributed by atoms with van der Waals surface area (Å²) in [6, 6.07) is 8.86. The molecule has 0 aliphatic heterocycles. The van der Waals surface area contributed by atoms with Gasteiger partial charge in [-0.1, -0.05) is 12.0 Å². The van der Waals surface area contributed by atoms with Crippen LogP contribution < -0.4 is 11.4 Å². The highest BCUT2D eigenvalue weighted by Crippen LogP contribution is 2.05. The highest BCUT2D eigenvalue weighted by atomic mass is 35.5. The summed E-state index contributed by atoms with van der Waals surface area (Å²) in [5, 5.41) is 3.97. The first-order valence-corrected chi connectivity index (χ1v) is 7.73. The van der Waals surface area contributed by atoms with Crippen LogP contribution in [0.2, 0.25) is 0 Å². The second-order valence-electron chi connectivity index (χ2n) is 5.28. The first-order valence-electron chi connectivity index (χ1n) is 7.73. The van der Waals surface area contributed by atoms with E-state index in [1.54, 1.807) is 30.6 Å². The summed E-state index contributed by atoms with van der Waals surface area (Å²) in [5.41, 5.74) is 6.54. The van der Waals surface area contributed by atoms with Crippen LogP contribution in [0.25, 0.3) is 5.82 Å². The first kappa shape index (κ1) is 20.0. The quantitative estimate of drug-likeness (QED) is 0.685. The molecule has 0 atom stereocenters. The van der Waals surface area contributed by atoms with Crippen LogP contribution in [-0.4, -0.2) is 30.9 Å². The van der Waals surface area contributed by atoms with Gasteiger partial charge < -0.3 is 5.73 Å². The molecule has 7 nitrogen and oxygen atoms in total. The van der Waals surface area contributed by atoms with E-state index < -0.39 is 5.69 Å². The smallest absolute Gasteiger partial charge is 0.327 e. The average Bonchev–Trinajstić information content (AvgIpc) is 3.05. The van der Waals surface area contributed by atoms with Crippen molar-refractivity contribution in [2.24, 2.45) is 5.73 Å². The molecule has 3 aromatic rings. The van der Waals surface area contributed by atoms with Gasteiger partial charge in [0.1, 0.15) is 17.8 Å². The Morgan fingerprint density at radius 2 is 2.07 bits per heavy atom. The molecule has 0 aliphatic rings. The highest BCUT2D eigenvalue weighted by molar-refractivity contribution is 5.85. The van der Waals surface area contributed by atoms with Crippen molar-refractivity contribution in [2.75, 3.05) is 6.54 Å². The fourth-order valence-corrected chi connectivity index (χ4v) is 2.14. The molecule has 3 aromatic heterocycles. The topological polar surface area (TPSA) is 91.6 Å². The lowest BCUT2D eigenvalue weighted by Gasteiger charge is -2.02. The lowest BCUT2D eigenvalue weighted by Crippen LogP contribution is -2.26. The Morgan fingerprint density at radius 3 is 2.78 bits per heavy atom. The number of aromatic nitrogens is 5. The van der Waals surface area contributed by atoms with E-state index in [2.05, 4.69) is 26.9 Å². The van der Waals surface area contributed by atoms with Crippen LogP contribution in [-0.2, 0) is 6.54 Å². The van der Waals surface area contributed by atoms with Crippen LogP contribution in [0.3, 0.4) is 0 Å². The van der Waals surface area contributed by atoms with Gasteiger partial charge in [-0.05, 0) is 35.8 Å². The lowest BCUT2D eigenvalue weighted by molar-refractivity contribution is 0.612. The van der Waals surface area contributed by atoms with Gasteiger partial charge in [0.2, 0.25) is 0 Å². The minimum Gasteiger partial charge on any atom is -0.327 e. The molecule has 0 amide bonds. The third kappa shape index (κ3) is 4.88. The maximum absolute atomic E-state index is 12.7. The second-order valence-corrected chi connectivity index (χ2v) is 5.28. The number of pyridine rings is 2. The maximum atomic E-state index is 12.7. The molecule has 27 heavy (non-hydrogen) atoms. The fourth-order valence-electron chi connectivity index (χ4n) is 2.14. The van der Waals surface area contributed by atoms with Gasteiger partial charge in [0.05, 0.1) is 12.9 Å². The largest absolute Gasteiger partial charge is 0.351 e. The number of nitrogens with two attached hydrogens (primary N) is 1. The van der Waals surface area contributed by atoms with E-state index in [4.69, 9.17) is 5.73 Å². The van der Waals surface area contributed by atoms with Crippen molar-refractivity contribution in [2.45, 2.75) is 6.54 Å². The molecule has 138 valence electrons. The zero-order chi connectivity index (χ0) is 18.4. The maximum Gasteiger partial charge on any atom is 0.351 e. The Morgan fingerprint density at radius 1 is 1.22 bits per heavy atom. The van der Waals surface area contributed by atoms with Crippen LogP contribution >= 0.6 is 12.4 Å². The van der Waals surface area contributed by atoms with Crippen molar-refractivity contribution in [1.29, 1.82) is 0 Å². The predicted octanol–water partition coefficient (Wildman–Crippen LogP) is 1.46. The van der Waals surface area contributed by atoms with Gasteiger partial charge in [-0.15, -0.1) is 12.4 Å². The van der Waals surface area contributed by atoms with Gasteiger partial charge >= 0.3 is 5.69 Å². The average molecular weight is 387 g/mol. The summed E-state index contributed by atoms with van der Waals surface area (Å²) in [6.07, 6.45) is 4.93. The molecule has 0 saturated heterocycles. The lowest BCUT2D eigenvalue weighted by atomic mass is 10.2. The summed E-state index contributed by atoms with van der Waals surface area (Å²) in [4.78, 5) is 20.7. The zero-order valence-electron chi connectivity index (χ0n) is 14.1. The number of rotatable bonds is 4. The molecule has 0 fully saturated rings. The molecule has 0 spiro atoms. The Balaban J connectivity index is 0.00000261. The van der Waals surface area contributed by atoms with Crippen molar-refractivity contribution < 1.29 is 4.39 Å². The molecule has 9 heteroatoms. The Bertz CT molecular complexity index is 1050. The zero-order valence-corrected chi connectivity index (χ0v) is 14.9. The SMILES string of the molecule is Cl.NC/C(=C\F)Cn1ncn(-c2cc(C#Cc3ccccn3)ccn2)c1=O. The Labute approximate surface area is 160 Å². The van der Waals surface area contributed by atoms with Gasteiger partial charge in [-0.25, -0.2) is 28.4 Å². The molecule has 3 rings (SSSR count). The van der Waals surface area contributed by atoms with E-state index in [-0.39, 0.29) is 31.1 Å². The molecular formula is C18H16ClFN6O. The van der Waals surface area contributed by atoms with Gasteiger partial charge in [0.25, 0.3) is 0 Å². The second kappa shape index (κ2) is 9.43. The minimum absolute atomic E-state index is 0. The Kier molecular flexibility index (Phi) is 7.00. The van der Waals surface area contributed by atoms with E-state index in [0.717, 1.165) is 4.68 Å². The summed E-state index contributed by atoms with van der Waals surface area (Å²) in [5.74, 6) is 6.29. The van der Waals surface area contributed by atoms with E-state index in [1.807, 2.05) is 12.1 Å². The number of halogens is 2. The van der Waals surface area contributed by atoms with E-state index >= 15 is 0 Å². The van der Waals surface area contributed by atoms with E-state index in [0.29, 0.717) is 23.4 Å². The predicted molar refractivity (Wildman–Crippen MR) is 101 cm³/mol. The molecule has 0 unspecified atom stereocenters. The molecule has 2 N–H and O–H groups in total. The number of nitrogens with zero attached hydrogens (tertiary/aromatic N) is 5. The molecule has 0 radical (unpaired) electrons. The molecule has 0 bridgehead atoms. The summed E-state index contributed by atoms with van der Waals surface area (Å²) < 4.78 is 15.0. The van der Waals surface area contributed by atoms with Crippen LogP contribution in [0.4, 0.5) is 4.39 Å². The van der Waals surface area contributed by atoms with Gasteiger partial charge in [0, 0.05) is 24.5 Å². The summed E-state index contributed by atoms with van der Waals surface area (Å²) in [6.45, 7) is -0.00927. The highest BCUT2D eigenvalue weighted by Gasteiger charge is 2.09. The third-order valence-electron chi connectivity index (χ3n) is 3.49. The molecule has 0 aliphatic carbocycles. The number of hydrogen-bond acceptors (Lipinski definition) is 5. The van der Waals surface area contributed by atoms with E-state index in [1.165, 1.54) is 10.9 Å². The fraction of sp³-hybridized carbons (Fsp3) is 0.111.